The van der Waals surface area contributed by atoms with Gasteiger partial charge in [0.25, 0.3) is 5.69 Å². The maximum absolute atomic E-state index is 12.0. The molecule has 6 nitrogen and oxygen atoms in total. The number of ether oxygens (including phenoxy) is 1. The van der Waals surface area contributed by atoms with E-state index in [9.17, 15) is 14.9 Å². The summed E-state index contributed by atoms with van der Waals surface area (Å²) in [6.07, 6.45) is 0. The van der Waals surface area contributed by atoms with Gasteiger partial charge in [0.05, 0.1) is 16.7 Å². The number of hydrogen-bond donors (Lipinski definition) is 1. The van der Waals surface area contributed by atoms with Crippen molar-refractivity contribution >= 4 is 23.4 Å². The predicted octanol–water partition coefficient (Wildman–Crippen LogP) is 3.27. The van der Waals surface area contributed by atoms with E-state index in [1.165, 1.54) is 23.9 Å². The maximum Gasteiger partial charge on any atom is 0.269 e. The maximum atomic E-state index is 12.0. The van der Waals surface area contributed by atoms with E-state index in [0.717, 1.165) is 10.6 Å². The second-order valence-corrected chi connectivity index (χ2v) is 6.38. The summed E-state index contributed by atoms with van der Waals surface area (Å²) in [5.41, 5.74) is 0.0366. The van der Waals surface area contributed by atoms with Crippen molar-refractivity contribution in [2.45, 2.75) is 17.1 Å². The standard InChI is InChI=1S/C17H18N2O4S/c1-13(24-16-9-7-14(8-10-16)19(21)22)17(20)18-11-12-23-15-5-3-2-4-6-15/h2-10,13H,11-12H2,1H3,(H,18,20). The molecule has 1 N–H and O–H groups in total. The lowest BCUT2D eigenvalue weighted by molar-refractivity contribution is -0.384. The molecule has 24 heavy (non-hydrogen) atoms. The normalized spacial score (nSPS) is 11.5. The molecule has 126 valence electrons. The summed E-state index contributed by atoms with van der Waals surface area (Å²) >= 11 is 1.35. The van der Waals surface area contributed by atoms with Crippen LogP contribution in [0.25, 0.3) is 0 Å². The number of thioether (sulfide) groups is 1. The number of nitro benzene ring substituents is 1. The van der Waals surface area contributed by atoms with Crippen LogP contribution in [0.1, 0.15) is 6.92 Å². The highest BCUT2D eigenvalue weighted by atomic mass is 32.2. The molecule has 0 fully saturated rings. The number of nitrogens with one attached hydrogen (secondary N) is 1. The molecule has 0 aliphatic heterocycles. The molecule has 0 saturated carbocycles. The van der Waals surface area contributed by atoms with Crippen LogP contribution in [0, 0.1) is 10.1 Å². The van der Waals surface area contributed by atoms with E-state index < -0.39 is 4.92 Å². The van der Waals surface area contributed by atoms with Crippen LogP contribution in [0.4, 0.5) is 5.69 Å². The highest BCUT2D eigenvalue weighted by molar-refractivity contribution is 8.00. The van der Waals surface area contributed by atoms with Gasteiger partial charge in [-0.15, -0.1) is 11.8 Å². The molecule has 0 saturated heterocycles. The van der Waals surface area contributed by atoms with Gasteiger partial charge in [-0.1, -0.05) is 18.2 Å². The SMILES string of the molecule is CC(Sc1ccc([N+](=O)[O-])cc1)C(=O)NCCOc1ccccc1. The van der Waals surface area contributed by atoms with Gasteiger partial charge in [0.2, 0.25) is 5.91 Å². The molecular weight excluding hydrogens is 328 g/mol. The van der Waals surface area contributed by atoms with Crippen molar-refractivity contribution in [2.24, 2.45) is 0 Å². The summed E-state index contributed by atoms with van der Waals surface area (Å²) < 4.78 is 5.50. The Bertz CT molecular complexity index is 677. The fourth-order valence-electron chi connectivity index (χ4n) is 1.91. The van der Waals surface area contributed by atoms with Crippen LogP contribution in [0.15, 0.2) is 59.5 Å². The van der Waals surface area contributed by atoms with Crippen LogP contribution >= 0.6 is 11.8 Å². The first kappa shape index (κ1) is 17.8. The number of amides is 1. The minimum absolute atomic E-state index is 0.0366. The lowest BCUT2D eigenvalue weighted by Gasteiger charge is -2.12. The molecule has 0 aliphatic rings. The summed E-state index contributed by atoms with van der Waals surface area (Å²) in [4.78, 5) is 23.0. The summed E-state index contributed by atoms with van der Waals surface area (Å²) in [6, 6.07) is 15.5. The third-order valence-corrected chi connectivity index (χ3v) is 4.25. The van der Waals surface area contributed by atoms with Crippen LogP contribution < -0.4 is 10.1 Å². The number of hydrogen-bond acceptors (Lipinski definition) is 5. The number of benzene rings is 2. The number of non-ortho nitro benzene ring substituents is 1. The van der Waals surface area contributed by atoms with Crippen LogP contribution in [0.5, 0.6) is 5.75 Å². The Labute approximate surface area is 144 Å². The van der Waals surface area contributed by atoms with Gasteiger partial charge in [-0.3, -0.25) is 14.9 Å². The van der Waals surface area contributed by atoms with Gasteiger partial charge in [0.1, 0.15) is 12.4 Å². The lowest BCUT2D eigenvalue weighted by atomic mass is 10.3. The van der Waals surface area contributed by atoms with Crippen molar-refractivity contribution in [2.75, 3.05) is 13.2 Å². The molecular formula is C17H18N2O4S. The molecule has 0 heterocycles. The van der Waals surface area contributed by atoms with Gasteiger partial charge in [0, 0.05) is 17.0 Å². The Morgan fingerprint density at radius 1 is 1.21 bits per heavy atom. The fraction of sp³-hybridized carbons (Fsp3) is 0.235. The fourth-order valence-corrected chi connectivity index (χ4v) is 2.80. The van der Waals surface area contributed by atoms with Gasteiger partial charge in [-0.05, 0) is 31.2 Å². The average molecular weight is 346 g/mol. The second kappa shape index (κ2) is 8.93. The van der Waals surface area contributed by atoms with Gasteiger partial charge in [-0.2, -0.15) is 0 Å². The zero-order valence-corrected chi connectivity index (χ0v) is 14.0. The number of nitro groups is 1. The van der Waals surface area contributed by atoms with Gasteiger partial charge in [-0.25, -0.2) is 0 Å². The monoisotopic (exact) mass is 346 g/mol. The second-order valence-electron chi connectivity index (χ2n) is 4.96. The van der Waals surface area contributed by atoms with Crippen molar-refractivity contribution in [3.63, 3.8) is 0 Å². The Hall–Kier alpha value is -2.54. The molecule has 0 bridgehead atoms. The Morgan fingerprint density at radius 2 is 1.88 bits per heavy atom. The van der Waals surface area contributed by atoms with Gasteiger partial charge < -0.3 is 10.1 Å². The molecule has 0 aliphatic carbocycles. The first-order valence-electron chi connectivity index (χ1n) is 7.43. The van der Waals surface area contributed by atoms with E-state index in [1.807, 2.05) is 30.3 Å². The van der Waals surface area contributed by atoms with E-state index in [0.29, 0.717) is 13.2 Å². The van der Waals surface area contributed by atoms with Crippen molar-refractivity contribution < 1.29 is 14.5 Å². The smallest absolute Gasteiger partial charge is 0.269 e. The summed E-state index contributed by atoms with van der Waals surface area (Å²) in [6.45, 7) is 2.60. The molecule has 2 rings (SSSR count). The van der Waals surface area contributed by atoms with Crippen LogP contribution in [0.2, 0.25) is 0 Å². The van der Waals surface area contributed by atoms with E-state index in [1.54, 1.807) is 19.1 Å². The Balaban J connectivity index is 1.72. The molecule has 0 radical (unpaired) electrons. The molecule has 0 aromatic heterocycles. The van der Waals surface area contributed by atoms with E-state index in [2.05, 4.69) is 5.32 Å². The molecule has 1 atom stereocenters. The van der Waals surface area contributed by atoms with Crippen LogP contribution in [0.3, 0.4) is 0 Å². The average Bonchev–Trinajstić information content (AvgIpc) is 2.60. The van der Waals surface area contributed by atoms with E-state index in [4.69, 9.17) is 4.74 Å². The van der Waals surface area contributed by atoms with Crippen LogP contribution in [-0.2, 0) is 4.79 Å². The summed E-state index contributed by atoms with van der Waals surface area (Å²) in [5.74, 6) is 0.662. The zero-order chi connectivity index (χ0) is 17.4. The number of carbonyl (C=O) groups is 1. The lowest BCUT2D eigenvalue weighted by Crippen LogP contribution is -2.33. The van der Waals surface area contributed by atoms with Crippen molar-refractivity contribution in [3.05, 3.63) is 64.7 Å². The van der Waals surface area contributed by atoms with Crippen molar-refractivity contribution in [3.8, 4) is 5.75 Å². The van der Waals surface area contributed by atoms with E-state index >= 15 is 0 Å². The van der Waals surface area contributed by atoms with Gasteiger partial charge in [0.15, 0.2) is 0 Å². The largest absolute Gasteiger partial charge is 0.492 e. The summed E-state index contributed by atoms with van der Waals surface area (Å²) in [7, 11) is 0. The molecule has 1 amide bonds. The van der Waals surface area contributed by atoms with Gasteiger partial charge >= 0.3 is 0 Å². The Morgan fingerprint density at radius 3 is 2.50 bits per heavy atom. The topological polar surface area (TPSA) is 81.5 Å². The molecule has 1 unspecified atom stereocenters. The van der Waals surface area contributed by atoms with Crippen molar-refractivity contribution in [1.29, 1.82) is 0 Å². The third-order valence-electron chi connectivity index (χ3n) is 3.14. The van der Waals surface area contributed by atoms with Crippen molar-refractivity contribution in [1.82, 2.24) is 5.32 Å². The predicted molar refractivity (Wildman–Crippen MR) is 93.4 cm³/mol. The number of nitrogens with zero attached hydrogens (tertiary/aromatic N) is 1. The van der Waals surface area contributed by atoms with Crippen LogP contribution in [-0.4, -0.2) is 29.2 Å². The van der Waals surface area contributed by atoms with E-state index in [-0.39, 0.29) is 16.8 Å². The molecule has 7 heteroatoms. The first-order valence-corrected chi connectivity index (χ1v) is 8.31. The zero-order valence-electron chi connectivity index (χ0n) is 13.2. The minimum atomic E-state index is -0.447. The molecule has 2 aromatic carbocycles. The number of rotatable bonds is 8. The number of carbonyl (C=O) groups excluding carboxylic acids is 1. The Kier molecular flexibility index (Phi) is 6.62. The highest BCUT2D eigenvalue weighted by Crippen LogP contribution is 2.25. The third kappa shape index (κ3) is 5.58. The number of para-hydroxylation sites is 1. The quantitative estimate of drug-likeness (QED) is 0.343. The first-order chi connectivity index (χ1) is 11.6. The molecule has 2 aromatic rings. The molecule has 0 spiro atoms. The highest BCUT2D eigenvalue weighted by Gasteiger charge is 2.14. The minimum Gasteiger partial charge on any atom is -0.492 e. The summed E-state index contributed by atoms with van der Waals surface area (Å²) in [5, 5.41) is 13.1.